The predicted molar refractivity (Wildman–Crippen MR) is 134 cm³/mol. The normalized spacial score (nSPS) is 12.8. The smallest absolute Gasteiger partial charge is 0.337 e. The van der Waals surface area contributed by atoms with E-state index in [9.17, 15) is 14.4 Å². The van der Waals surface area contributed by atoms with Gasteiger partial charge in [-0.15, -0.1) is 0 Å². The minimum atomic E-state index is -0.470. The van der Waals surface area contributed by atoms with Gasteiger partial charge in [-0.05, 0) is 53.9 Å². The minimum Gasteiger partial charge on any atom is -0.493 e. The standard InChI is InChI=1S/C27H28N2O8/c1-33-23-10-18-8-9-29(13-19(18)11-24(23)34-2)14-21-12-22(30)25(15-36-21)37-16-26(31)28-20-6-4-17(5-7-20)27(32)35-3/h4-7,10-12,15H,8-9,13-14,16H2,1-3H3,(H,28,31). The number of rotatable bonds is 9. The molecule has 0 saturated heterocycles. The number of hydrogen-bond donors (Lipinski definition) is 1. The van der Waals surface area contributed by atoms with Crippen LogP contribution in [0.3, 0.4) is 0 Å². The Morgan fingerprint density at radius 3 is 2.32 bits per heavy atom. The number of hydrogen-bond acceptors (Lipinski definition) is 9. The Kier molecular flexibility index (Phi) is 8.09. The summed E-state index contributed by atoms with van der Waals surface area (Å²) in [6.07, 6.45) is 2.06. The number of benzene rings is 2. The van der Waals surface area contributed by atoms with Crippen LogP contribution in [0.2, 0.25) is 0 Å². The maximum atomic E-state index is 12.5. The molecular formula is C27H28N2O8. The van der Waals surface area contributed by atoms with Gasteiger partial charge in [0.05, 0.1) is 33.4 Å². The van der Waals surface area contributed by atoms with E-state index in [0.29, 0.717) is 41.6 Å². The monoisotopic (exact) mass is 508 g/mol. The van der Waals surface area contributed by atoms with E-state index in [4.69, 9.17) is 18.6 Å². The molecule has 0 fully saturated rings. The zero-order chi connectivity index (χ0) is 26.4. The van der Waals surface area contributed by atoms with Gasteiger partial charge in [-0.25, -0.2) is 4.79 Å². The Labute approximate surface area is 213 Å². The summed E-state index contributed by atoms with van der Waals surface area (Å²) in [4.78, 5) is 38.4. The number of fused-ring (bicyclic) bond motifs is 1. The molecule has 37 heavy (non-hydrogen) atoms. The largest absolute Gasteiger partial charge is 0.493 e. The van der Waals surface area contributed by atoms with Crippen LogP contribution < -0.4 is 25.0 Å². The van der Waals surface area contributed by atoms with Crippen LogP contribution in [0.1, 0.15) is 27.2 Å². The highest BCUT2D eigenvalue weighted by Gasteiger charge is 2.20. The molecule has 1 amide bonds. The SMILES string of the molecule is COC(=O)c1ccc(NC(=O)COc2coc(CN3CCc4cc(OC)c(OC)cc4C3)cc2=O)cc1. The van der Waals surface area contributed by atoms with E-state index < -0.39 is 11.9 Å². The first kappa shape index (κ1) is 25.8. The van der Waals surface area contributed by atoms with Gasteiger partial charge >= 0.3 is 5.97 Å². The van der Waals surface area contributed by atoms with Gasteiger partial charge in [0.2, 0.25) is 11.2 Å². The lowest BCUT2D eigenvalue weighted by atomic mass is 9.98. The lowest BCUT2D eigenvalue weighted by Crippen LogP contribution is -2.30. The summed E-state index contributed by atoms with van der Waals surface area (Å²) in [6.45, 7) is 1.55. The number of methoxy groups -OCH3 is 3. The second-order valence-electron chi connectivity index (χ2n) is 8.42. The molecule has 10 nitrogen and oxygen atoms in total. The van der Waals surface area contributed by atoms with Crippen LogP contribution in [0.4, 0.5) is 5.69 Å². The summed E-state index contributed by atoms with van der Waals surface area (Å²) < 4.78 is 26.4. The van der Waals surface area contributed by atoms with Crippen molar-refractivity contribution in [1.29, 1.82) is 0 Å². The van der Waals surface area contributed by atoms with Crippen LogP contribution in [-0.4, -0.2) is 51.3 Å². The average molecular weight is 509 g/mol. The third-order valence-corrected chi connectivity index (χ3v) is 5.98. The number of ether oxygens (including phenoxy) is 4. The van der Waals surface area contributed by atoms with Crippen LogP contribution in [0.25, 0.3) is 0 Å². The van der Waals surface area contributed by atoms with Crippen molar-refractivity contribution in [2.75, 3.05) is 39.8 Å². The molecule has 0 atom stereocenters. The first-order chi connectivity index (χ1) is 17.9. The molecule has 2 aromatic carbocycles. The Bertz CT molecular complexity index is 1330. The fourth-order valence-corrected chi connectivity index (χ4v) is 4.07. The molecule has 0 bridgehead atoms. The summed E-state index contributed by atoms with van der Waals surface area (Å²) in [5.41, 5.74) is 2.81. The molecule has 3 aromatic rings. The van der Waals surface area contributed by atoms with Crippen LogP contribution in [-0.2, 0) is 29.0 Å². The number of amides is 1. The van der Waals surface area contributed by atoms with Gasteiger partial charge in [-0.2, -0.15) is 0 Å². The number of carbonyl (C=O) groups excluding carboxylic acids is 2. The molecule has 1 aliphatic heterocycles. The van der Waals surface area contributed by atoms with Crippen molar-refractivity contribution in [2.45, 2.75) is 19.5 Å². The van der Waals surface area contributed by atoms with Crippen molar-refractivity contribution < 1.29 is 33.0 Å². The van der Waals surface area contributed by atoms with Crippen molar-refractivity contribution in [3.8, 4) is 17.2 Å². The minimum absolute atomic E-state index is 0.0549. The second-order valence-corrected chi connectivity index (χ2v) is 8.42. The van der Waals surface area contributed by atoms with E-state index >= 15 is 0 Å². The summed E-state index contributed by atoms with van der Waals surface area (Å²) >= 11 is 0. The molecular weight excluding hydrogens is 480 g/mol. The third kappa shape index (κ3) is 6.28. The van der Waals surface area contributed by atoms with Crippen LogP contribution in [0.15, 0.2) is 57.9 Å². The molecule has 10 heteroatoms. The van der Waals surface area contributed by atoms with Crippen LogP contribution >= 0.6 is 0 Å². The molecule has 2 heterocycles. The maximum absolute atomic E-state index is 12.5. The van der Waals surface area contributed by atoms with E-state index in [1.807, 2.05) is 12.1 Å². The zero-order valence-electron chi connectivity index (χ0n) is 20.9. The van der Waals surface area contributed by atoms with E-state index in [0.717, 1.165) is 18.5 Å². The average Bonchev–Trinajstić information content (AvgIpc) is 2.91. The lowest BCUT2D eigenvalue weighted by Gasteiger charge is -2.29. The van der Waals surface area contributed by atoms with Crippen molar-refractivity contribution in [1.82, 2.24) is 4.90 Å². The highest BCUT2D eigenvalue weighted by Crippen LogP contribution is 2.33. The topological polar surface area (TPSA) is 117 Å². The van der Waals surface area contributed by atoms with Crippen molar-refractivity contribution in [3.63, 3.8) is 0 Å². The fraction of sp³-hybridized carbons (Fsp3) is 0.296. The van der Waals surface area contributed by atoms with Gasteiger partial charge in [0, 0.05) is 24.8 Å². The molecule has 1 aromatic heterocycles. The van der Waals surface area contributed by atoms with Gasteiger partial charge in [-0.3, -0.25) is 14.5 Å². The molecule has 4 rings (SSSR count). The summed E-state index contributed by atoms with van der Waals surface area (Å²) in [5.74, 6) is 0.896. The molecule has 1 N–H and O–H groups in total. The van der Waals surface area contributed by atoms with E-state index in [2.05, 4.69) is 15.0 Å². The Balaban J connectivity index is 1.31. The van der Waals surface area contributed by atoms with Crippen LogP contribution in [0.5, 0.6) is 17.2 Å². The number of nitrogens with zero attached hydrogens (tertiary/aromatic N) is 1. The van der Waals surface area contributed by atoms with Gasteiger partial charge in [0.1, 0.15) is 12.0 Å². The molecule has 0 radical (unpaired) electrons. The first-order valence-corrected chi connectivity index (χ1v) is 11.6. The van der Waals surface area contributed by atoms with E-state index in [-0.39, 0.29) is 17.8 Å². The van der Waals surface area contributed by atoms with Crippen LogP contribution in [0, 0.1) is 0 Å². The molecule has 0 unspecified atom stereocenters. The second kappa shape index (κ2) is 11.6. The van der Waals surface area contributed by atoms with Crippen molar-refractivity contribution in [3.05, 3.63) is 81.4 Å². The predicted octanol–water partition coefficient (Wildman–Crippen LogP) is 3.02. The molecule has 0 saturated carbocycles. The number of anilines is 1. The van der Waals surface area contributed by atoms with Gasteiger partial charge in [0.15, 0.2) is 18.1 Å². The lowest BCUT2D eigenvalue weighted by molar-refractivity contribution is -0.118. The third-order valence-electron chi connectivity index (χ3n) is 5.98. The van der Waals surface area contributed by atoms with Gasteiger partial charge in [-0.1, -0.05) is 0 Å². The highest BCUT2D eigenvalue weighted by atomic mass is 16.5. The first-order valence-electron chi connectivity index (χ1n) is 11.6. The molecule has 194 valence electrons. The number of nitrogens with one attached hydrogen (secondary N) is 1. The number of carbonyl (C=O) groups is 2. The summed E-state index contributed by atoms with van der Waals surface area (Å²) in [7, 11) is 4.52. The molecule has 0 aliphatic carbocycles. The van der Waals surface area contributed by atoms with Gasteiger partial charge in [0.25, 0.3) is 5.91 Å². The Hall–Kier alpha value is -4.31. The maximum Gasteiger partial charge on any atom is 0.337 e. The van der Waals surface area contributed by atoms with Crippen molar-refractivity contribution >= 4 is 17.6 Å². The summed E-state index contributed by atoms with van der Waals surface area (Å²) in [5, 5.41) is 2.63. The number of esters is 1. The zero-order valence-corrected chi connectivity index (χ0v) is 20.9. The van der Waals surface area contributed by atoms with E-state index in [1.165, 1.54) is 37.1 Å². The quantitative estimate of drug-likeness (QED) is 0.435. The van der Waals surface area contributed by atoms with E-state index in [1.54, 1.807) is 26.4 Å². The highest BCUT2D eigenvalue weighted by molar-refractivity contribution is 5.93. The molecule has 1 aliphatic rings. The Morgan fingerprint density at radius 2 is 1.68 bits per heavy atom. The molecule has 0 spiro atoms. The fourth-order valence-electron chi connectivity index (χ4n) is 4.07. The Morgan fingerprint density at radius 1 is 0.973 bits per heavy atom. The van der Waals surface area contributed by atoms with Crippen molar-refractivity contribution in [2.24, 2.45) is 0 Å². The van der Waals surface area contributed by atoms with Gasteiger partial charge < -0.3 is 28.7 Å². The summed E-state index contributed by atoms with van der Waals surface area (Å²) in [6, 6.07) is 11.6.